The van der Waals surface area contributed by atoms with Gasteiger partial charge in [0.25, 0.3) is 0 Å². The average Bonchev–Trinajstić information content (AvgIpc) is 3.24. The molecular formula is C32H44FN5O. The molecule has 4 aromatic rings. The van der Waals surface area contributed by atoms with Gasteiger partial charge in [0.2, 0.25) is 0 Å². The first-order valence-corrected chi connectivity index (χ1v) is 14.2. The van der Waals surface area contributed by atoms with Crippen LogP contribution in [-0.2, 0) is 0 Å². The van der Waals surface area contributed by atoms with Gasteiger partial charge in [0.05, 0.1) is 18.8 Å². The maximum atomic E-state index is 14.1. The molecule has 0 saturated heterocycles. The Morgan fingerprint density at radius 2 is 1.90 bits per heavy atom. The lowest BCUT2D eigenvalue weighted by Gasteiger charge is -2.08. The van der Waals surface area contributed by atoms with Crippen LogP contribution < -0.4 is 4.74 Å². The molecule has 210 valence electrons. The normalized spacial score (nSPS) is 16.4. The molecule has 1 atom stereocenters. The molecule has 1 aliphatic carbocycles. The summed E-state index contributed by atoms with van der Waals surface area (Å²) in [6, 6.07) is 4.98. The average molecular weight is 534 g/mol. The topological polar surface area (TPSA) is 55.5 Å². The quantitative estimate of drug-likeness (QED) is 0.243. The monoisotopic (exact) mass is 533 g/mol. The second-order valence-electron chi connectivity index (χ2n) is 10.2. The number of rotatable bonds is 5. The fourth-order valence-corrected chi connectivity index (χ4v) is 4.90. The van der Waals surface area contributed by atoms with E-state index in [1.54, 1.807) is 18.5 Å². The van der Waals surface area contributed by atoms with Crippen LogP contribution in [0, 0.1) is 11.7 Å². The smallest absolute Gasteiger partial charge is 0.167 e. The largest absolute Gasteiger partial charge is 0.494 e. The van der Waals surface area contributed by atoms with E-state index in [0.29, 0.717) is 5.52 Å². The van der Waals surface area contributed by atoms with Gasteiger partial charge in [-0.2, -0.15) is 5.10 Å². The number of pyridine rings is 1. The van der Waals surface area contributed by atoms with Gasteiger partial charge in [-0.3, -0.25) is 4.98 Å². The minimum Gasteiger partial charge on any atom is -0.494 e. The van der Waals surface area contributed by atoms with Crippen LogP contribution in [0.15, 0.2) is 48.6 Å². The molecule has 0 bridgehead atoms. The highest BCUT2D eigenvalue weighted by Gasteiger charge is 2.15. The van der Waals surface area contributed by atoms with E-state index in [0.717, 1.165) is 46.5 Å². The van der Waals surface area contributed by atoms with Crippen molar-refractivity contribution in [3.05, 3.63) is 59.9 Å². The highest BCUT2D eigenvalue weighted by atomic mass is 19.1. The lowest BCUT2D eigenvalue weighted by molar-refractivity contribution is 0.387. The molecule has 1 fully saturated rings. The predicted octanol–water partition coefficient (Wildman–Crippen LogP) is 8.06. The molecule has 1 saturated carbocycles. The Morgan fingerprint density at radius 1 is 1.10 bits per heavy atom. The number of ether oxygens (including phenoxy) is 1. The van der Waals surface area contributed by atoms with Crippen molar-refractivity contribution in [2.45, 2.75) is 66.2 Å². The standard InChI is InChI=1S/C25H25FN4O.C5H13N.C2H6/c1-16-4-3-5-17(7-6-16)10-18-13-28-25-21(14-29-30(25)15-18)19-8-9-27-23-12-22(26)24(31-2)11-20(19)23;1-4-5-6(2)3;1-2/h8-16H,3-7H2,1-2H3;4-5H2,1-3H3;1-2H3/b17-10-;;. The van der Waals surface area contributed by atoms with Crippen molar-refractivity contribution < 1.29 is 9.13 Å². The molecule has 6 nitrogen and oxygen atoms in total. The summed E-state index contributed by atoms with van der Waals surface area (Å²) >= 11 is 0. The highest BCUT2D eigenvalue weighted by molar-refractivity contribution is 5.98. The Balaban J connectivity index is 0.000000467. The van der Waals surface area contributed by atoms with Gasteiger partial charge < -0.3 is 9.64 Å². The van der Waals surface area contributed by atoms with Crippen molar-refractivity contribution in [2.75, 3.05) is 27.7 Å². The van der Waals surface area contributed by atoms with Gasteiger partial charge in [0.1, 0.15) is 0 Å². The summed E-state index contributed by atoms with van der Waals surface area (Å²) in [5, 5.41) is 5.35. The van der Waals surface area contributed by atoms with E-state index >= 15 is 0 Å². The number of halogens is 1. The van der Waals surface area contributed by atoms with E-state index < -0.39 is 5.82 Å². The Morgan fingerprint density at radius 3 is 2.59 bits per heavy atom. The zero-order valence-corrected chi connectivity index (χ0v) is 24.7. The number of aromatic nitrogens is 4. The number of hydrogen-bond donors (Lipinski definition) is 0. The molecule has 0 aliphatic heterocycles. The first-order chi connectivity index (χ1) is 18.9. The summed E-state index contributed by atoms with van der Waals surface area (Å²) in [6.07, 6.45) is 17.1. The van der Waals surface area contributed by atoms with E-state index in [4.69, 9.17) is 9.72 Å². The van der Waals surface area contributed by atoms with E-state index in [-0.39, 0.29) is 5.75 Å². The first kappa shape index (κ1) is 30.2. The highest BCUT2D eigenvalue weighted by Crippen LogP contribution is 2.34. The molecular weight excluding hydrogens is 489 g/mol. The van der Waals surface area contributed by atoms with Gasteiger partial charge in [0.15, 0.2) is 17.2 Å². The van der Waals surface area contributed by atoms with E-state index in [1.165, 1.54) is 51.0 Å². The first-order valence-electron chi connectivity index (χ1n) is 14.2. The SMILES string of the molecule is CC.CCCN(C)C.COc1cc2c(-c3cnn4cc(/C=C5/CCCC(C)CC5)cnc34)ccnc2cc1F. The van der Waals surface area contributed by atoms with E-state index in [1.807, 2.05) is 36.8 Å². The summed E-state index contributed by atoms with van der Waals surface area (Å²) in [4.78, 5) is 11.2. The molecule has 5 rings (SSSR count). The van der Waals surface area contributed by atoms with Crippen molar-refractivity contribution in [3.8, 4) is 16.9 Å². The van der Waals surface area contributed by atoms with Crippen molar-refractivity contribution in [1.29, 1.82) is 0 Å². The number of benzene rings is 1. The van der Waals surface area contributed by atoms with Crippen molar-refractivity contribution >= 4 is 22.6 Å². The molecule has 0 amide bonds. The van der Waals surface area contributed by atoms with Gasteiger partial charge in [-0.15, -0.1) is 0 Å². The van der Waals surface area contributed by atoms with Crippen molar-refractivity contribution in [1.82, 2.24) is 24.5 Å². The van der Waals surface area contributed by atoms with Crippen LogP contribution in [0.4, 0.5) is 4.39 Å². The van der Waals surface area contributed by atoms with Crippen LogP contribution in [0.25, 0.3) is 33.8 Å². The third-order valence-electron chi connectivity index (χ3n) is 6.88. The molecule has 0 spiro atoms. The number of nitrogens with zero attached hydrogens (tertiary/aromatic N) is 5. The van der Waals surface area contributed by atoms with Gasteiger partial charge in [-0.1, -0.05) is 45.8 Å². The Kier molecular flexibility index (Phi) is 11.4. The Hall–Kier alpha value is -3.32. The number of fused-ring (bicyclic) bond motifs is 2. The molecule has 1 unspecified atom stereocenters. The number of allylic oxidation sites excluding steroid dienone is 1. The second kappa shape index (κ2) is 14.7. The lowest BCUT2D eigenvalue weighted by Crippen LogP contribution is -2.11. The lowest BCUT2D eigenvalue weighted by atomic mass is 10.0. The van der Waals surface area contributed by atoms with Gasteiger partial charge in [-0.25, -0.2) is 13.9 Å². The predicted molar refractivity (Wildman–Crippen MR) is 161 cm³/mol. The van der Waals surface area contributed by atoms with Crippen LogP contribution in [0.1, 0.15) is 71.8 Å². The van der Waals surface area contributed by atoms with Crippen molar-refractivity contribution in [3.63, 3.8) is 0 Å². The van der Waals surface area contributed by atoms with Crippen LogP contribution in [-0.4, -0.2) is 52.2 Å². The third-order valence-corrected chi connectivity index (χ3v) is 6.88. The molecule has 3 heterocycles. The third kappa shape index (κ3) is 7.85. The fourth-order valence-electron chi connectivity index (χ4n) is 4.90. The van der Waals surface area contributed by atoms with Crippen LogP contribution in [0.3, 0.4) is 0 Å². The minimum absolute atomic E-state index is 0.192. The Labute approximate surface area is 232 Å². The molecule has 39 heavy (non-hydrogen) atoms. The molecule has 1 aromatic carbocycles. The van der Waals surface area contributed by atoms with Crippen LogP contribution in [0.5, 0.6) is 5.75 Å². The zero-order valence-electron chi connectivity index (χ0n) is 24.7. The number of hydrogen-bond acceptors (Lipinski definition) is 5. The summed E-state index contributed by atoms with van der Waals surface area (Å²) in [5.74, 6) is 0.573. The molecule has 0 N–H and O–H groups in total. The molecule has 0 radical (unpaired) electrons. The molecule has 1 aliphatic rings. The van der Waals surface area contributed by atoms with E-state index in [9.17, 15) is 4.39 Å². The summed E-state index contributed by atoms with van der Waals surface area (Å²) in [6.45, 7) is 9.73. The maximum Gasteiger partial charge on any atom is 0.167 e. The number of methoxy groups -OCH3 is 1. The zero-order chi connectivity index (χ0) is 28.4. The Bertz CT molecular complexity index is 1380. The molecule has 7 heteroatoms. The second-order valence-corrected chi connectivity index (χ2v) is 10.2. The van der Waals surface area contributed by atoms with Crippen molar-refractivity contribution in [2.24, 2.45) is 5.92 Å². The summed E-state index contributed by atoms with van der Waals surface area (Å²) in [5.41, 5.74) is 5.66. The van der Waals surface area contributed by atoms with Gasteiger partial charge in [0, 0.05) is 41.2 Å². The minimum atomic E-state index is -0.428. The summed E-state index contributed by atoms with van der Waals surface area (Å²) in [7, 11) is 5.63. The summed E-state index contributed by atoms with van der Waals surface area (Å²) < 4.78 is 21.1. The molecule has 3 aromatic heterocycles. The fraction of sp³-hybridized carbons (Fsp3) is 0.469. The van der Waals surface area contributed by atoms with Crippen LogP contribution >= 0.6 is 0 Å². The van der Waals surface area contributed by atoms with Gasteiger partial charge in [-0.05, 0) is 76.4 Å². The van der Waals surface area contributed by atoms with Gasteiger partial charge >= 0.3 is 0 Å². The maximum absolute atomic E-state index is 14.1. The van der Waals surface area contributed by atoms with E-state index in [2.05, 4.69) is 49.0 Å². The van der Waals surface area contributed by atoms with Crippen LogP contribution in [0.2, 0.25) is 0 Å².